The van der Waals surface area contributed by atoms with Gasteiger partial charge in [0, 0.05) is 25.5 Å². The van der Waals surface area contributed by atoms with Gasteiger partial charge in [-0.2, -0.15) is 0 Å². The standard InChI is InChI=1S/C17H16ClN3O3/c18-14-3-1-2-4-15(14)20-16(22)12-9-13(11-19-10-12)17(23)21-5-7-24-8-6-21/h1-4,9-11H,5-8H2,(H,20,22). The quantitative estimate of drug-likeness (QED) is 0.927. The molecular weight excluding hydrogens is 330 g/mol. The number of hydrogen-bond acceptors (Lipinski definition) is 4. The van der Waals surface area contributed by atoms with Crippen LogP contribution in [-0.4, -0.2) is 48.0 Å². The molecule has 7 heteroatoms. The average Bonchev–Trinajstić information content (AvgIpc) is 2.64. The Balaban J connectivity index is 1.76. The van der Waals surface area contributed by atoms with E-state index in [1.165, 1.54) is 18.5 Å². The molecular formula is C17H16ClN3O3. The van der Waals surface area contributed by atoms with Gasteiger partial charge in [-0.05, 0) is 18.2 Å². The highest BCUT2D eigenvalue weighted by Crippen LogP contribution is 2.21. The van der Waals surface area contributed by atoms with Gasteiger partial charge < -0.3 is 15.0 Å². The molecule has 1 N–H and O–H groups in total. The summed E-state index contributed by atoms with van der Waals surface area (Å²) in [5, 5.41) is 3.16. The molecule has 2 amide bonds. The Kier molecular flexibility index (Phi) is 5.08. The summed E-state index contributed by atoms with van der Waals surface area (Å²) in [4.78, 5) is 30.5. The van der Waals surface area contributed by atoms with Crippen LogP contribution in [0.1, 0.15) is 20.7 Å². The summed E-state index contributed by atoms with van der Waals surface area (Å²) in [5.74, 6) is -0.523. The first-order valence-corrected chi connectivity index (χ1v) is 7.91. The van der Waals surface area contributed by atoms with Gasteiger partial charge in [0.2, 0.25) is 0 Å². The molecule has 0 atom stereocenters. The van der Waals surface area contributed by atoms with E-state index < -0.39 is 0 Å². The Labute approximate surface area is 144 Å². The van der Waals surface area contributed by atoms with Gasteiger partial charge in [0.1, 0.15) is 0 Å². The van der Waals surface area contributed by atoms with E-state index in [1.807, 2.05) is 0 Å². The van der Waals surface area contributed by atoms with E-state index in [1.54, 1.807) is 29.2 Å². The van der Waals surface area contributed by atoms with Crippen molar-refractivity contribution in [1.82, 2.24) is 9.88 Å². The predicted molar refractivity (Wildman–Crippen MR) is 90.4 cm³/mol. The van der Waals surface area contributed by atoms with Crippen LogP contribution >= 0.6 is 11.6 Å². The Morgan fingerprint density at radius 3 is 2.58 bits per heavy atom. The number of ether oxygens (including phenoxy) is 1. The van der Waals surface area contributed by atoms with Crippen molar-refractivity contribution in [3.8, 4) is 0 Å². The number of aromatic nitrogens is 1. The van der Waals surface area contributed by atoms with Crippen LogP contribution in [0.2, 0.25) is 5.02 Å². The van der Waals surface area contributed by atoms with Gasteiger partial charge in [-0.3, -0.25) is 14.6 Å². The number of hydrogen-bond donors (Lipinski definition) is 1. The zero-order chi connectivity index (χ0) is 16.9. The van der Waals surface area contributed by atoms with E-state index in [0.717, 1.165) is 0 Å². The highest BCUT2D eigenvalue weighted by atomic mass is 35.5. The van der Waals surface area contributed by atoms with Crippen LogP contribution in [0.5, 0.6) is 0 Å². The molecule has 3 rings (SSSR count). The number of rotatable bonds is 3. The Morgan fingerprint density at radius 2 is 1.83 bits per heavy atom. The molecule has 0 saturated carbocycles. The lowest BCUT2D eigenvalue weighted by Crippen LogP contribution is -2.40. The highest BCUT2D eigenvalue weighted by Gasteiger charge is 2.20. The van der Waals surface area contributed by atoms with Crippen molar-refractivity contribution in [2.45, 2.75) is 0 Å². The van der Waals surface area contributed by atoms with Crippen LogP contribution in [0, 0.1) is 0 Å². The van der Waals surface area contributed by atoms with E-state index in [2.05, 4.69) is 10.3 Å². The van der Waals surface area contributed by atoms with Crippen molar-refractivity contribution < 1.29 is 14.3 Å². The van der Waals surface area contributed by atoms with E-state index in [-0.39, 0.29) is 11.8 Å². The van der Waals surface area contributed by atoms with Gasteiger partial charge in [-0.15, -0.1) is 0 Å². The maximum Gasteiger partial charge on any atom is 0.257 e. The summed E-state index contributed by atoms with van der Waals surface area (Å²) in [6.45, 7) is 2.11. The topological polar surface area (TPSA) is 71.5 Å². The third-order valence-corrected chi connectivity index (χ3v) is 4.00. The van der Waals surface area contributed by atoms with Crippen molar-refractivity contribution in [2.75, 3.05) is 31.6 Å². The lowest BCUT2D eigenvalue weighted by atomic mass is 10.1. The van der Waals surface area contributed by atoms with E-state index in [9.17, 15) is 9.59 Å². The maximum atomic E-state index is 12.5. The van der Waals surface area contributed by atoms with Crippen LogP contribution < -0.4 is 5.32 Å². The first-order valence-electron chi connectivity index (χ1n) is 7.53. The third kappa shape index (κ3) is 3.72. The van der Waals surface area contributed by atoms with Crippen molar-refractivity contribution >= 4 is 29.1 Å². The zero-order valence-electron chi connectivity index (χ0n) is 12.9. The first-order chi connectivity index (χ1) is 11.6. The molecule has 0 spiro atoms. The summed E-state index contributed by atoms with van der Waals surface area (Å²) < 4.78 is 5.24. The number of morpholine rings is 1. The number of halogens is 1. The number of amides is 2. The number of pyridine rings is 1. The molecule has 0 aliphatic carbocycles. The van der Waals surface area contributed by atoms with Gasteiger partial charge in [0.15, 0.2) is 0 Å². The lowest BCUT2D eigenvalue weighted by Gasteiger charge is -2.26. The highest BCUT2D eigenvalue weighted by molar-refractivity contribution is 6.33. The van der Waals surface area contributed by atoms with E-state index in [0.29, 0.717) is 48.1 Å². The average molecular weight is 346 g/mol. The monoisotopic (exact) mass is 345 g/mol. The fraction of sp³-hybridized carbons (Fsp3) is 0.235. The second-order valence-electron chi connectivity index (χ2n) is 5.30. The molecule has 2 heterocycles. The zero-order valence-corrected chi connectivity index (χ0v) is 13.6. The van der Waals surface area contributed by atoms with E-state index >= 15 is 0 Å². The van der Waals surface area contributed by atoms with Crippen LogP contribution in [0.15, 0.2) is 42.7 Å². The van der Waals surface area contributed by atoms with Crippen LogP contribution in [-0.2, 0) is 4.74 Å². The van der Waals surface area contributed by atoms with Crippen molar-refractivity contribution in [1.29, 1.82) is 0 Å². The smallest absolute Gasteiger partial charge is 0.257 e. The Bertz CT molecular complexity index is 760. The Hall–Kier alpha value is -2.44. The van der Waals surface area contributed by atoms with Crippen molar-refractivity contribution in [3.63, 3.8) is 0 Å². The molecule has 0 bridgehead atoms. The molecule has 0 radical (unpaired) electrons. The van der Waals surface area contributed by atoms with Crippen molar-refractivity contribution in [2.24, 2.45) is 0 Å². The number of carbonyl (C=O) groups excluding carboxylic acids is 2. The molecule has 1 saturated heterocycles. The van der Waals surface area contributed by atoms with Gasteiger partial charge in [0.25, 0.3) is 11.8 Å². The maximum absolute atomic E-state index is 12.5. The summed E-state index contributed by atoms with van der Waals surface area (Å²) in [6, 6.07) is 8.49. The van der Waals surface area contributed by atoms with E-state index in [4.69, 9.17) is 16.3 Å². The number of benzene rings is 1. The number of anilines is 1. The second-order valence-corrected chi connectivity index (χ2v) is 5.71. The third-order valence-electron chi connectivity index (χ3n) is 3.67. The normalized spacial score (nSPS) is 14.3. The predicted octanol–water partition coefficient (Wildman–Crippen LogP) is 2.46. The lowest BCUT2D eigenvalue weighted by molar-refractivity contribution is 0.0302. The van der Waals surface area contributed by atoms with Gasteiger partial charge in [-0.25, -0.2) is 0 Å². The first kappa shape index (κ1) is 16.4. The number of nitrogens with zero attached hydrogens (tertiary/aromatic N) is 2. The number of nitrogens with one attached hydrogen (secondary N) is 1. The molecule has 0 unspecified atom stereocenters. The minimum atomic E-state index is -0.368. The molecule has 2 aromatic rings. The fourth-order valence-electron chi connectivity index (χ4n) is 2.39. The molecule has 24 heavy (non-hydrogen) atoms. The van der Waals surface area contributed by atoms with Gasteiger partial charge in [0.05, 0.1) is 35.1 Å². The van der Waals surface area contributed by atoms with Gasteiger partial charge >= 0.3 is 0 Å². The fourth-order valence-corrected chi connectivity index (χ4v) is 2.57. The summed E-state index contributed by atoms with van der Waals surface area (Å²) >= 11 is 6.04. The second kappa shape index (κ2) is 7.42. The van der Waals surface area contributed by atoms with Crippen LogP contribution in [0.3, 0.4) is 0 Å². The SMILES string of the molecule is O=C(Nc1ccccc1Cl)c1cncc(C(=O)N2CCOCC2)c1. The minimum absolute atomic E-state index is 0.154. The minimum Gasteiger partial charge on any atom is -0.378 e. The summed E-state index contributed by atoms with van der Waals surface area (Å²) in [6.07, 6.45) is 2.88. The number of carbonyl (C=O) groups is 2. The van der Waals surface area contributed by atoms with Gasteiger partial charge in [-0.1, -0.05) is 23.7 Å². The van der Waals surface area contributed by atoms with Crippen molar-refractivity contribution in [3.05, 3.63) is 58.9 Å². The molecule has 124 valence electrons. The summed E-state index contributed by atoms with van der Waals surface area (Å²) in [5.41, 5.74) is 1.19. The molecule has 1 fully saturated rings. The van der Waals surface area contributed by atoms with Crippen LogP contribution in [0.25, 0.3) is 0 Å². The molecule has 1 aromatic heterocycles. The van der Waals surface area contributed by atoms with Crippen LogP contribution in [0.4, 0.5) is 5.69 Å². The largest absolute Gasteiger partial charge is 0.378 e. The molecule has 1 aliphatic heterocycles. The molecule has 1 aromatic carbocycles. The Morgan fingerprint density at radius 1 is 1.12 bits per heavy atom. The number of para-hydroxylation sites is 1. The summed E-state index contributed by atoms with van der Waals surface area (Å²) in [7, 11) is 0. The molecule has 1 aliphatic rings. The molecule has 6 nitrogen and oxygen atoms in total.